The monoisotopic (exact) mass is 424 g/mol. The molecule has 5 nitrogen and oxygen atoms in total. The Kier molecular flexibility index (Phi) is 7.32. The Morgan fingerprint density at radius 1 is 0.968 bits per heavy atom. The average Bonchev–Trinajstić information content (AvgIpc) is 2.74. The topological polar surface area (TPSA) is 67.4 Å². The lowest BCUT2D eigenvalue weighted by Crippen LogP contribution is -2.26. The van der Waals surface area contributed by atoms with Crippen molar-refractivity contribution in [3.05, 3.63) is 89.5 Å². The summed E-state index contributed by atoms with van der Waals surface area (Å²) >= 11 is 0. The molecule has 3 aromatic rings. The molecule has 0 fully saturated rings. The van der Waals surface area contributed by atoms with Crippen molar-refractivity contribution in [1.29, 1.82) is 0 Å². The highest BCUT2D eigenvalue weighted by atomic mass is 19.1. The number of carbonyl (C=O) groups excluding carboxylic acids is 2. The van der Waals surface area contributed by atoms with E-state index in [1.165, 1.54) is 0 Å². The highest BCUT2D eigenvalue weighted by Gasteiger charge is 2.13. The summed E-state index contributed by atoms with van der Waals surface area (Å²) in [6.45, 7) is 2.15. The number of para-hydroxylation sites is 2. The minimum absolute atomic E-state index is 0.144. The largest absolute Gasteiger partial charge is 0.455 e. The smallest absolute Gasteiger partial charge is 0.254 e. The molecule has 160 valence electrons. The molecule has 0 aromatic heterocycles. The van der Waals surface area contributed by atoms with Gasteiger partial charge in [0.25, 0.3) is 5.91 Å². The van der Waals surface area contributed by atoms with E-state index in [0.717, 1.165) is 17.7 Å². The Bertz CT molecular complexity index is 1070. The van der Waals surface area contributed by atoms with Crippen LogP contribution in [0.3, 0.4) is 0 Å². The lowest BCUT2D eigenvalue weighted by atomic mass is 10.2. The van der Waals surface area contributed by atoms with Gasteiger partial charge in [0, 0.05) is 19.0 Å². The third-order valence-corrected chi connectivity index (χ3v) is 4.45. The van der Waals surface area contributed by atoms with Gasteiger partial charge in [-0.25, -0.2) is 8.78 Å². The molecule has 0 aliphatic rings. The molecule has 0 radical (unpaired) electrons. The van der Waals surface area contributed by atoms with Gasteiger partial charge in [0.05, 0.1) is 11.3 Å². The van der Waals surface area contributed by atoms with Crippen LogP contribution in [0.2, 0.25) is 0 Å². The molecule has 7 heteroatoms. The molecule has 0 aliphatic heterocycles. The van der Waals surface area contributed by atoms with Crippen LogP contribution >= 0.6 is 0 Å². The molecular weight excluding hydrogens is 402 g/mol. The van der Waals surface area contributed by atoms with Gasteiger partial charge in [-0.15, -0.1) is 0 Å². The minimum atomic E-state index is -0.930. The lowest BCUT2D eigenvalue weighted by Gasteiger charge is -2.12. The van der Waals surface area contributed by atoms with Crippen molar-refractivity contribution >= 4 is 17.5 Å². The number of hydrogen-bond donors (Lipinski definition) is 2. The molecule has 0 bridgehead atoms. The van der Waals surface area contributed by atoms with E-state index in [4.69, 9.17) is 4.74 Å². The number of hydrogen-bond acceptors (Lipinski definition) is 3. The molecule has 3 aromatic carbocycles. The number of rotatable bonds is 8. The third kappa shape index (κ3) is 6.37. The molecule has 0 saturated heterocycles. The number of benzene rings is 3. The van der Waals surface area contributed by atoms with E-state index in [2.05, 4.69) is 10.6 Å². The molecule has 0 unspecified atom stereocenters. The highest BCUT2D eigenvalue weighted by Crippen LogP contribution is 2.29. The second-order valence-electron chi connectivity index (χ2n) is 6.94. The number of amides is 2. The Hall–Kier alpha value is -3.74. The summed E-state index contributed by atoms with van der Waals surface area (Å²) in [5.74, 6) is -1.42. The van der Waals surface area contributed by atoms with Gasteiger partial charge >= 0.3 is 0 Å². The van der Waals surface area contributed by atoms with E-state index in [0.29, 0.717) is 29.7 Å². The minimum Gasteiger partial charge on any atom is -0.455 e. The Morgan fingerprint density at radius 2 is 1.71 bits per heavy atom. The molecule has 0 saturated carbocycles. The van der Waals surface area contributed by atoms with Crippen LogP contribution in [0.15, 0.2) is 66.7 Å². The first-order valence-electron chi connectivity index (χ1n) is 9.79. The zero-order valence-corrected chi connectivity index (χ0v) is 17.0. The first kappa shape index (κ1) is 22.0. The quantitative estimate of drug-likeness (QED) is 0.488. The predicted octanol–water partition coefficient (Wildman–Crippen LogP) is 5.21. The molecule has 0 heterocycles. The number of halogens is 2. The van der Waals surface area contributed by atoms with Crippen LogP contribution < -0.4 is 15.4 Å². The molecule has 3 rings (SSSR count). The average molecular weight is 424 g/mol. The number of aryl methyl sites for hydroxylation is 1. The SMILES string of the molecule is Cc1ccc(Oc2ccccc2NC(=O)CCCNC(=O)c2ccc(F)cc2F)cc1. The van der Waals surface area contributed by atoms with Gasteiger partial charge in [-0.3, -0.25) is 9.59 Å². The second-order valence-corrected chi connectivity index (χ2v) is 6.94. The molecule has 2 N–H and O–H groups in total. The lowest BCUT2D eigenvalue weighted by molar-refractivity contribution is -0.116. The summed E-state index contributed by atoms with van der Waals surface area (Å²) in [6, 6.07) is 17.4. The van der Waals surface area contributed by atoms with Gasteiger partial charge < -0.3 is 15.4 Å². The van der Waals surface area contributed by atoms with Crippen LogP contribution in [0.5, 0.6) is 11.5 Å². The van der Waals surface area contributed by atoms with Gasteiger partial charge in [0.15, 0.2) is 5.75 Å². The molecule has 31 heavy (non-hydrogen) atoms. The van der Waals surface area contributed by atoms with Crippen molar-refractivity contribution in [2.24, 2.45) is 0 Å². The zero-order chi connectivity index (χ0) is 22.2. The van der Waals surface area contributed by atoms with Crippen LogP contribution in [0.1, 0.15) is 28.8 Å². The summed E-state index contributed by atoms with van der Waals surface area (Å²) in [6.07, 6.45) is 0.492. The summed E-state index contributed by atoms with van der Waals surface area (Å²) in [5, 5.41) is 5.32. The van der Waals surface area contributed by atoms with Crippen LogP contribution in [0.25, 0.3) is 0 Å². The van der Waals surface area contributed by atoms with E-state index in [9.17, 15) is 18.4 Å². The fraction of sp³-hybridized carbons (Fsp3) is 0.167. The van der Waals surface area contributed by atoms with E-state index in [-0.39, 0.29) is 24.4 Å². The Labute approximate surface area is 179 Å². The van der Waals surface area contributed by atoms with Crippen molar-refractivity contribution in [1.82, 2.24) is 5.32 Å². The van der Waals surface area contributed by atoms with E-state index < -0.39 is 17.5 Å². The van der Waals surface area contributed by atoms with Crippen molar-refractivity contribution in [3.8, 4) is 11.5 Å². The third-order valence-electron chi connectivity index (χ3n) is 4.45. The van der Waals surface area contributed by atoms with Gasteiger partial charge in [-0.05, 0) is 49.7 Å². The maximum atomic E-state index is 13.6. The first-order chi connectivity index (χ1) is 14.9. The molecular formula is C24H22F2N2O3. The Balaban J connectivity index is 1.49. The predicted molar refractivity (Wildman–Crippen MR) is 114 cm³/mol. The van der Waals surface area contributed by atoms with E-state index >= 15 is 0 Å². The summed E-state index contributed by atoms with van der Waals surface area (Å²) in [7, 11) is 0. The van der Waals surface area contributed by atoms with Crippen LogP contribution in [-0.4, -0.2) is 18.4 Å². The fourth-order valence-electron chi connectivity index (χ4n) is 2.82. The normalized spacial score (nSPS) is 10.4. The van der Waals surface area contributed by atoms with Crippen molar-refractivity contribution in [2.75, 3.05) is 11.9 Å². The van der Waals surface area contributed by atoms with Gasteiger partial charge in [-0.2, -0.15) is 0 Å². The van der Waals surface area contributed by atoms with Crippen molar-refractivity contribution in [2.45, 2.75) is 19.8 Å². The Morgan fingerprint density at radius 3 is 2.45 bits per heavy atom. The summed E-state index contributed by atoms with van der Waals surface area (Å²) in [5.41, 5.74) is 1.40. The van der Waals surface area contributed by atoms with Crippen molar-refractivity contribution in [3.63, 3.8) is 0 Å². The maximum absolute atomic E-state index is 13.6. The second kappa shape index (κ2) is 10.3. The molecule has 2 amide bonds. The molecule has 0 spiro atoms. The van der Waals surface area contributed by atoms with E-state index in [1.807, 2.05) is 37.3 Å². The van der Waals surface area contributed by atoms with Gasteiger partial charge in [0.2, 0.25) is 5.91 Å². The van der Waals surface area contributed by atoms with Crippen LogP contribution in [-0.2, 0) is 4.79 Å². The van der Waals surface area contributed by atoms with Gasteiger partial charge in [-0.1, -0.05) is 29.8 Å². The highest BCUT2D eigenvalue weighted by molar-refractivity contribution is 5.94. The first-order valence-corrected chi connectivity index (χ1v) is 9.79. The maximum Gasteiger partial charge on any atom is 0.254 e. The van der Waals surface area contributed by atoms with Crippen molar-refractivity contribution < 1.29 is 23.1 Å². The molecule has 0 aliphatic carbocycles. The number of ether oxygens (including phenoxy) is 1. The number of anilines is 1. The standard InChI is InChI=1S/C24H22F2N2O3/c1-16-8-11-18(12-9-16)31-22-6-3-2-5-21(22)28-23(29)7-4-14-27-24(30)19-13-10-17(25)15-20(19)26/h2-3,5-6,8-13,15H,4,7,14H2,1H3,(H,27,30)(H,28,29). The summed E-state index contributed by atoms with van der Waals surface area (Å²) < 4.78 is 32.4. The molecule has 0 atom stereocenters. The van der Waals surface area contributed by atoms with E-state index in [1.54, 1.807) is 18.2 Å². The summed E-state index contributed by atoms with van der Waals surface area (Å²) in [4.78, 5) is 24.2. The van der Waals surface area contributed by atoms with Crippen LogP contribution in [0, 0.1) is 18.6 Å². The van der Waals surface area contributed by atoms with Crippen LogP contribution in [0.4, 0.5) is 14.5 Å². The zero-order valence-electron chi connectivity index (χ0n) is 17.0. The fourth-order valence-corrected chi connectivity index (χ4v) is 2.82. The number of nitrogens with one attached hydrogen (secondary N) is 2. The number of carbonyl (C=O) groups is 2. The van der Waals surface area contributed by atoms with Gasteiger partial charge in [0.1, 0.15) is 17.4 Å².